The molecular formula is C25H21BrN4O5S. The van der Waals surface area contributed by atoms with Gasteiger partial charge in [0.2, 0.25) is 11.8 Å². The lowest BCUT2D eigenvalue weighted by Crippen LogP contribution is -2.33. The fourth-order valence-electron chi connectivity index (χ4n) is 3.34. The minimum atomic E-state index is -0.711. The number of nitrogens with one attached hydrogen (secondary N) is 1. The van der Waals surface area contributed by atoms with Gasteiger partial charge in [0.15, 0.2) is 16.7 Å². The zero-order valence-electron chi connectivity index (χ0n) is 19.0. The summed E-state index contributed by atoms with van der Waals surface area (Å²) < 4.78 is 5.99. The monoisotopic (exact) mass is 568 g/mol. The number of ether oxygens (including phenoxy) is 1. The zero-order chi connectivity index (χ0) is 25.7. The number of amides is 2. The van der Waals surface area contributed by atoms with Crippen LogP contribution in [-0.4, -0.2) is 45.8 Å². The van der Waals surface area contributed by atoms with Crippen molar-refractivity contribution in [1.29, 1.82) is 0 Å². The summed E-state index contributed by atoms with van der Waals surface area (Å²) in [5.74, 6) is -0.284. The number of carbonyl (C=O) groups is 2. The van der Waals surface area contributed by atoms with E-state index in [0.717, 1.165) is 16.2 Å². The third-order valence-electron chi connectivity index (χ3n) is 5.10. The van der Waals surface area contributed by atoms with Gasteiger partial charge in [-0.2, -0.15) is 5.10 Å². The van der Waals surface area contributed by atoms with E-state index in [1.165, 1.54) is 36.4 Å². The standard InChI is InChI=1S/C25H21BrN4O5S/c1-35-21-12-15(2-11-20(21)32)14-27-29-25-30(18-7-9-19(31)10-8-18)24(34)22(36-25)13-23(33)28-17-5-3-16(26)4-6-17/h2-12,14,22,31-32H,13H2,1H3,(H,28,33)/b27-14+,29-25?. The largest absolute Gasteiger partial charge is 0.508 e. The molecule has 2 amide bonds. The number of phenols is 2. The van der Waals surface area contributed by atoms with E-state index in [1.807, 2.05) is 12.1 Å². The van der Waals surface area contributed by atoms with Crippen LogP contribution in [0.15, 0.2) is 81.4 Å². The summed E-state index contributed by atoms with van der Waals surface area (Å²) in [6.45, 7) is 0. The molecular weight excluding hydrogens is 548 g/mol. The number of amidine groups is 1. The highest BCUT2D eigenvalue weighted by atomic mass is 79.9. The van der Waals surface area contributed by atoms with Crippen molar-refractivity contribution in [3.05, 3.63) is 76.8 Å². The van der Waals surface area contributed by atoms with Gasteiger partial charge >= 0.3 is 0 Å². The van der Waals surface area contributed by atoms with E-state index >= 15 is 0 Å². The topological polar surface area (TPSA) is 124 Å². The molecule has 3 N–H and O–H groups in total. The van der Waals surface area contributed by atoms with Crippen molar-refractivity contribution < 1.29 is 24.5 Å². The first-order chi connectivity index (χ1) is 17.3. The Balaban J connectivity index is 1.55. The van der Waals surface area contributed by atoms with Crippen molar-refractivity contribution in [1.82, 2.24) is 0 Å². The number of thioether (sulfide) groups is 1. The molecule has 0 spiro atoms. The summed E-state index contributed by atoms with van der Waals surface area (Å²) in [5, 5.41) is 30.1. The predicted octanol–water partition coefficient (Wildman–Crippen LogP) is 4.74. The lowest BCUT2D eigenvalue weighted by molar-refractivity contribution is -0.121. The van der Waals surface area contributed by atoms with Gasteiger partial charge in [-0.15, -0.1) is 5.10 Å². The van der Waals surface area contributed by atoms with Crippen LogP contribution >= 0.6 is 27.7 Å². The maximum atomic E-state index is 13.3. The fraction of sp³-hybridized carbons (Fsp3) is 0.120. The molecule has 184 valence electrons. The summed E-state index contributed by atoms with van der Waals surface area (Å²) >= 11 is 4.48. The predicted molar refractivity (Wildman–Crippen MR) is 144 cm³/mol. The number of halogens is 1. The lowest BCUT2D eigenvalue weighted by Gasteiger charge is -2.16. The lowest BCUT2D eigenvalue weighted by atomic mass is 10.2. The number of benzene rings is 3. The zero-order valence-corrected chi connectivity index (χ0v) is 21.4. The molecule has 4 rings (SSSR count). The second-order valence-corrected chi connectivity index (χ2v) is 9.70. The van der Waals surface area contributed by atoms with Crippen molar-refractivity contribution in [2.45, 2.75) is 11.7 Å². The van der Waals surface area contributed by atoms with Gasteiger partial charge in [-0.1, -0.05) is 27.7 Å². The van der Waals surface area contributed by atoms with E-state index in [1.54, 1.807) is 36.4 Å². The second-order valence-electron chi connectivity index (χ2n) is 7.61. The van der Waals surface area contributed by atoms with Crippen molar-refractivity contribution >= 4 is 62.3 Å². The Kier molecular flexibility index (Phi) is 7.91. The molecule has 1 heterocycles. The molecule has 1 fully saturated rings. The second kappa shape index (κ2) is 11.3. The molecule has 0 aromatic heterocycles. The molecule has 11 heteroatoms. The van der Waals surface area contributed by atoms with Gasteiger partial charge in [0.25, 0.3) is 0 Å². The van der Waals surface area contributed by atoms with E-state index in [0.29, 0.717) is 22.7 Å². The number of nitrogens with zero attached hydrogens (tertiary/aromatic N) is 3. The Bertz CT molecular complexity index is 1330. The molecule has 36 heavy (non-hydrogen) atoms. The Hall–Kier alpha value is -3.83. The summed E-state index contributed by atoms with van der Waals surface area (Å²) in [7, 11) is 1.44. The molecule has 1 saturated heterocycles. The Morgan fingerprint density at radius 2 is 1.86 bits per heavy atom. The Morgan fingerprint density at radius 3 is 2.56 bits per heavy atom. The minimum absolute atomic E-state index is 0.000620. The van der Waals surface area contributed by atoms with Gasteiger partial charge in [0, 0.05) is 16.6 Å². The third kappa shape index (κ3) is 6.04. The Morgan fingerprint density at radius 1 is 1.14 bits per heavy atom. The Labute approximate surface area is 219 Å². The molecule has 3 aromatic rings. The first-order valence-electron chi connectivity index (χ1n) is 10.7. The number of aromatic hydroxyl groups is 2. The maximum Gasteiger partial charge on any atom is 0.247 e. The van der Waals surface area contributed by atoms with E-state index in [4.69, 9.17) is 4.74 Å². The number of methoxy groups -OCH3 is 1. The van der Waals surface area contributed by atoms with Crippen molar-refractivity contribution in [2.75, 3.05) is 17.3 Å². The number of anilines is 2. The number of rotatable bonds is 7. The van der Waals surface area contributed by atoms with Crippen LogP contribution in [0.2, 0.25) is 0 Å². The average molecular weight is 569 g/mol. The summed E-state index contributed by atoms with van der Waals surface area (Å²) in [6, 6.07) is 17.9. The van der Waals surface area contributed by atoms with Gasteiger partial charge < -0.3 is 20.3 Å². The van der Waals surface area contributed by atoms with E-state index in [9.17, 15) is 19.8 Å². The molecule has 0 saturated carbocycles. The SMILES string of the molecule is COc1cc(/C=N/N=C2SC(CC(=O)Nc3ccc(Br)cc3)C(=O)N2c2ccc(O)cc2)ccc1O. The van der Waals surface area contributed by atoms with Crippen LogP contribution in [0.3, 0.4) is 0 Å². The summed E-state index contributed by atoms with van der Waals surface area (Å²) in [4.78, 5) is 27.3. The smallest absolute Gasteiger partial charge is 0.247 e. The van der Waals surface area contributed by atoms with E-state index in [-0.39, 0.29) is 34.9 Å². The number of phenolic OH excluding ortho intramolecular Hbond substituents is 2. The van der Waals surface area contributed by atoms with Crippen LogP contribution in [0.1, 0.15) is 12.0 Å². The first-order valence-corrected chi connectivity index (χ1v) is 12.3. The fourth-order valence-corrected chi connectivity index (χ4v) is 4.69. The van der Waals surface area contributed by atoms with Crippen LogP contribution in [0.5, 0.6) is 17.2 Å². The maximum absolute atomic E-state index is 13.3. The molecule has 1 aliphatic heterocycles. The van der Waals surface area contributed by atoms with Crippen LogP contribution in [0.4, 0.5) is 11.4 Å². The van der Waals surface area contributed by atoms with Crippen LogP contribution in [0, 0.1) is 0 Å². The average Bonchev–Trinajstić information content (AvgIpc) is 3.16. The molecule has 1 atom stereocenters. The highest BCUT2D eigenvalue weighted by Gasteiger charge is 2.40. The summed E-state index contributed by atoms with van der Waals surface area (Å²) in [5.41, 5.74) is 1.74. The van der Waals surface area contributed by atoms with E-state index in [2.05, 4.69) is 31.4 Å². The van der Waals surface area contributed by atoms with E-state index < -0.39 is 5.25 Å². The molecule has 3 aromatic carbocycles. The summed E-state index contributed by atoms with van der Waals surface area (Å²) in [6.07, 6.45) is 1.40. The quantitative estimate of drug-likeness (QED) is 0.279. The minimum Gasteiger partial charge on any atom is -0.508 e. The van der Waals surface area contributed by atoms with Gasteiger partial charge in [0.05, 0.1) is 19.0 Å². The van der Waals surface area contributed by atoms with Gasteiger partial charge in [0.1, 0.15) is 11.0 Å². The molecule has 1 aliphatic rings. The highest BCUT2D eigenvalue weighted by Crippen LogP contribution is 2.35. The molecule has 0 bridgehead atoms. The van der Waals surface area contributed by atoms with Crippen molar-refractivity contribution in [3.8, 4) is 17.2 Å². The van der Waals surface area contributed by atoms with Crippen molar-refractivity contribution in [2.24, 2.45) is 10.2 Å². The molecule has 9 nitrogen and oxygen atoms in total. The van der Waals surface area contributed by atoms with Crippen LogP contribution < -0.4 is 15.0 Å². The number of hydrogen-bond donors (Lipinski definition) is 3. The van der Waals surface area contributed by atoms with Gasteiger partial charge in [-0.3, -0.25) is 14.5 Å². The normalized spacial score (nSPS) is 16.6. The van der Waals surface area contributed by atoms with Gasteiger partial charge in [-0.25, -0.2) is 0 Å². The molecule has 1 unspecified atom stereocenters. The third-order valence-corrected chi connectivity index (χ3v) is 6.75. The number of hydrogen-bond acceptors (Lipinski definition) is 8. The van der Waals surface area contributed by atoms with Crippen LogP contribution in [0.25, 0.3) is 0 Å². The van der Waals surface area contributed by atoms with Gasteiger partial charge in [-0.05, 0) is 72.3 Å². The first kappa shape index (κ1) is 25.3. The number of carbonyl (C=O) groups excluding carboxylic acids is 2. The molecule has 0 radical (unpaired) electrons. The highest BCUT2D eigenvalue weighted by molar-refractivity contribution is 9.10. The van der Waals surface area contributed by atoms with Crippen LogP contribution in [-0.2, 0) is 9.59 Å². The van der Waals surface area contributed by atoms with Crippen molar-refractivity contribution in [3.63, 3.8) is 0 Å². The molecule has 0 aliphatic carbocycles.